The minimum absolute atomic E-state index is 0.413. The first-order valence-corrected chi connectivity index (χ1v) is 10.2. The highest BCUT2D eigenvalue weighted by atomic mass is 32.1. The molecule has 1 aromatic heterocycles. The molecular formula is C22H25N3OS. The number of piperazine rings is 1. The van der Waals surface area contributed by atoms with Gasteiger partial charge < -0.3 is 9.64 Å². The van der Waals surface area contributed by atoms with E-state index in [2.05, 4.69) is 64.7 Å². The Morgan fingerprint density at radius 3 is 2.59 bits per heavy atom. The van der Waals surface area contributed by atoms with Crippen LogP contribution in [0.1, 0.15) is 17.3 Å². The van der Waals surface area contributed by atoms with Crippen LogP contribution in [0.5, 0.6) is 5.75 Å². The average Bonchev–Trinajstić information content (AvgIpc) is 3.18. The summed E-state index contributed by atoms with van der Waals surface area (Å²) in [4.78, 5) is 9.87. The molecule has 3 aromatic rings. The van der Waals surface area contributed by atoms with E-state index in [9.17, 15) is 0 Å². The zero-order chi connectivity index (χ0) is 18.6. The largest absolute Gasteiger partial charge is 0.497 e. The summed E-state index contributed by atoms with van der Waals surface area (Å²) in [7, 11) is 3.90. The van der Waals surface area contributed by atoms with Gasteiger partial charge >= 0.3 is 0 Å². The summed E-state index contributed by atoms with van der Waals surface area (Å²) in [6, 6.07) is 19.4. The number of methoxy groups -OCH3 is 1. The Morgan fingerprint density at radius 1 is 1.07 bits per heavy atom. The molecule has 1 fully saturated rings. The first-order valence-electron chi connectivity index (χ1n) is 9.29. The van der Waals surface area contributed by atoms with Gasteiger partial charge in [0.15, 0.2) is 0 Å². The number of likely N-dealkylation sites (N-methyl/N-ethyl adjacent to an activating group) is 1. The monoisotopic (exact) mass is 379 g/mol. The fourth-order valence-electron chi connectivity index (χ4n) is 3.59. The van der Waals surface area contributed by atoms with Crippen molar-refractivity contribution in [2.75, 3.05) is 33.8 Å². The smallest absolute Gasteiger partial charge is 0.123 e. The summed E-state index contributed by atoms with van der Waals surface area (Å²) in [6.07, 6.45) is 0. The van der Waals surface area contributed by atoms with Crippen LogP contribution >= 0.6 is 11.3 Å². The van der Waals surface area contributed by atoms with Crippen LogP contribution < -0.4 is 4.74 Å². The fourth-order valence-corrected chi connectivity index (χ4v) is 4.41. The van der Waals surface area contributed by atoms with Crippen molar-refractivity contribution < 1.29 is 4.74 Å². The lowest BCUT2D eigenvalue weighted by molar-refractivity contribution is 0.0824. The van der Waals surface area contributed by atoms with Gasteiger partial charge in [0.05, 0.1) is 12.8 Å². The van der Waals surface area contributed by atoms with E-state index in [-0.39, 0.29) is 0 Å². The van der Waals surface area contributed by atoms with Crippen molar-refractivity contribution in [1.82, 2.24) is 14.8 Å². The molecule has 1 atom stereocenters. The maximum atomic E-state index is 5.25. The van der Waals surface area contributed by atoms with Crippen molar-refractivity contribution >= 4 is 11.3 Å². The third-order valence-corrected chi connectivity index (χ3v) is 6.07. The van der Waals surface area contributed by atoms with Gasteiger partial charge in [0.2, 0.25) is 0 Å². The predicted molar refractivity (Wildman–Crippen MR) is 111 cm³/mol. The molecule has 1 aliphatic heterocycles. The number of hydrogen-bond donors (Lipinski definition) is 0. The van der Waals surface area contributed by atoms with E-state index in [1.54, 1.807) is 18.4 Å². The number of nitrogens with zero attached hydrogens (tertiary/aromatic N) is 3. The number of hydrogen-bond acceptors (Lipinski definition) is 5. The summed E-state index contributed by atoms with van der Waals surface area (Å²) in [5.41, 5.74) is 3.68. The molecule has 5 heteroatoms. The summed E-state index contributed by atoms with van der Waals surface area (Å²) in [5.74, 6) is 0.874. The molecule has 4 nitrogen and oxygen atoms in total. The van der Waals surface area contributed by atoms with Gasteiger partial charge in [-0.3, -0.25) is 4.90 Å². The van der Waals surface area contributed by atoms with Gasteiger partial charge in [0, 0.05) is 43.2 Å². The van der Waals surface area contributed by atoms with Crippen molar-refractivity contribution in [3.63, 3.8) is 0 Å². The molecule has 0 aliphatic carbocycles. The summed E-state index contributed by atoms with van der Waals surface area (Å²) in [5, 5.41) is 3.26. The van der Waals surface area contributed by atoms with Crippen LogP contribution in [0.3, 0.4) is 0 Å². The van der Waals surface area contributed by atoms with E-state index in [1.807, 2.05) is 12.1 Å². The van der Waals surface area contributed by atoms with E-state index >= 15 is 0 Å². The van der Waals surface area contributed by atoms with Gasteiger partial charge in [0.1, 0.15) is 10.8 Å². The Kier molecular flexibility index (Phi) is 5.53. The lowest BCUT2D eigenvalue weighted by Gasteiger charge is -2.40. The topological polar surface area (TPSA) is 28.6 Å². The number of aromatic nitrogens is 1. The van der Waals surface area contributed by atoms with Crippen LogP contribution in [-0.4, -0.2) is 48.6 Å². The maximum absolute atomic E-state index is 5.25. The first kappa shape index (κ1) is 18.2. The molecule has 1 saturated heterocycles. The number of benzene rings is 2. The van der Waals surface area contributed by atoms with Gasteiger partial charge in [-0.25, -0.2) is 4.98 Å². The standard InChI is InChI=1S/C22H25N3OS/c1-24-12-13-25(21(15-24)17-6-4-3-5-7-17)14-19-16-27-22(23-19)18-8-10-20(26-2)11-9-18/h3-11,16,21H,12-15H2,1-2H3. The summed E-state index contributed by atoms with van der Waals surface area (Å²) >= 11 is 1.71. The van der Waals surface area contributed by atoms with Gasteiger partial charge in [0.25, 0.3) is 0 Å². The van der Waals surface area contributed by atoms with Gasteiger partial charge in [-0.05, 0) is 36.9 Å². The molecule has 2 heterocycles. The predicted octanol–water partition coefficient (Wildman–Crippen LogP) is 4.31. The van der Waals surface area contributed by atoms with Gasteiger partial charge in [-0.15, -0.1) is 11.3 Å². The van der Waals surface area contributed by atoms with Gasteiger partial charge in [-0.1, -0.05) is 30.3 Å². The maximum Gasteiger partial charge on any atom is 0.123 e. The third-order valence-electron chi connectivity index (χ3n) is 5.13. The molecule has 0 bridgehead atoms. The fraction of sp³-hybridized carbons (Fsp3) is 0.318. The number of thiazole rings is 1. The van der Waals surface area contributed by atoms with Crippen molar-refractivity contribution in [1.29, 1.82) is 0 Å². The Labute approximate surface area is 165 Å². The minimum Gasteiger partial charge on any atom is -0.497 e. The van der Waals surface area contributed by atoms with E-state index in [0.717, 1.165) is 48.2 Å². The first-order chi connectivity index (χ1) is 13.2. The number of rotatable bonds is 5. The van der Waals surface area contributed by atoms with Crippen LogP contribution in [-0.2, 0) is 6.54 Å². The second kappa shape index (κ2) is 8.21. The quantitative estimate of drug-likeness (QED) is 0.661. The van der Waals surface area contributed by atoms with Crippen molar-refractivity contribution in [3.05, 3.63) is 71.2 Å². The Bertz CT molecular complexity index is 863. The molecule has 1 unspecified atom stereocenters. The molecule has 0 saturated carbocycles. The SMILES string of the molecule is COc1ccc(-c2nc(CN3CCN(C)CC3c3ccccc3)cs2)cc1. The van der Waals surface area contributed by atoms with E-state index < -0.39 is 0 Å². The Morgan fingerprint density at radius 2 is 1.85 bits per heavy atom. The van der Waals surface area contributed by atoms with Crippen LogP contribution in [0.15, 0.2) is 60.0 Å². The Hall–Kier alpha value is -2.21. The van der Waals surface area contributed by atoms with Crippen molar-refractivity contribution in [2.24, 2.45) is 0 Å². The lowest BCUT2D eigenvalue weighted by Crippen LogP contribution is -2.46. The molecular weight excluding hydrogens is 354 g/mol. The highest BCUT2D eigenvalue weighted by Gasteiger charge is 2.27. The zero-order valence-electron chi connectivity index (χ0n) is 15.8. The minimum atomic E-state index is 0.413. The Balaban J connectivity index is 1.51. The van der Waals surface area contributed by atoms with E-state index in [0.29, 0.717) is 6.04 Å². The molecule has 2 aromatic carbocycles. The highest BCUT2D eigenvalue weighted by molar-refractivity contribution is 7.13. The highest BCUT2D eigenvalue weighted by Crippen LogP contribution is 2.29. The van der Waals surface area contributed by atoms with Crippen molar-refractivity contribution in [3.8, 4) is 16.3 Å². The zero-order valence-corrected chi connectivity index (χ0v) is 16.7. The van der Waals surface area contributed by atoms with Gasteiger partial charge in [-0.2, -0.15) is 0 Å². The van der Waals surface area contributed by atoms with Crippen LogP contribution in [0.4, 0.5) is 0 Å². The summed E-state index contributed by atoms with van der Waals surface area (Å²) in [6.45, 7) is 4.10. The van der Waals surface area contributed by atoms with Crippen LogP contribution in [0.2, 0.25) is 0 Å². The van der Waals surface area contributed by atoms with Crippen molar-refractivity contribution in [2.45, 2.75) is 12.6 Å². The number of ether oxygens (including phenoxy) is 1. The van der Waals surface area contributed by atoms with E-state index in [1.165, 1.54) is 5.56 Å². The summed E-state index contributed by atoms with van der Waals surface area (Å²) < 4.78 is 5.25. The van der Waals surface area contributed by atoms with Crippen LogP contribution in [0.25, 0.3) is 10.6 Å². The molecule has 27 heavy (non-hydrogen) atoms. The molecule has 0 amide bonds. The normalized spacial score (nSPS) is 18.5. The second-order valence-electron chi connectivity index (χ2n) is 7.03. The molecule has 0 radical (unpaired) electrons. The molecule has 0 spiro atoms. The molecule has 4 rings (SSSR count). The van der Waals surface area contributed by atoms with Crippen LogP contribution in [0, 0.1) is 0 Å². The average molecular weight is 380 g/mol. The van der Waals surface area contributed by atoms with E-state index in [4.69, 9.17) is 9.72 Å². The molecule has 140 valence electrons. The molecule has 1 aliphatic rings. The lowest BCUT2D eigenvalue weighted by atomic mass is 10.0. The second-order valence-corrected chi connectivity index (χ2v) is 7.89. The molecule has 0 N–H and O–H groups in total. The third kappa shape index (κ3) is 4.21.